The predicted molar refractivity (Wildman–Crippen MR) is 78.1 cm³/mol. The van der Waals surface area contributed by atoms with Gasteiger partial charge in [-0.05, 0) is 12.1 Å². The highest BCUT2D eigenvalue weighted by molar-refractivity contribution is 7.80. The summed E-state index contributed by atoms with van der Waals surface area (Å²) in [5.74, 6) is -0.00463. The van der Waals surface area contributed by atoms with Crippen LogP contribution in [0.2, 0.25) is 0 Å². The molecule has 0 aliphatic heterocycles. The number of nitrogens with zero attached hydrogens (tertiary/aromatic N) is 1. The van der Waals surface area contributed by atoms with Crippen molar-refractivity contribution in [3.63, 3.8) is 0 Å². The molecule has 0 fully saturated rings. The molecule has 0 bridgehead atoms. The van der Waals surface area contributed by atoms with Gasteiger partial charge in [0.05, 0.1) is 5.69 Å². The molecule has 2 aromatic rings. The zero-order valence-corrected chi connectivity index (χ0v) is 10.4. The number of benzene rings is 2. The Bertz CT molecular complexity index is 590. The van der Waals surface area contributed by atoms with Crippen LogP contribution in [0.15, 0.2) is 59.6 Å². The predicted octanol–water partition coefficient (Wildman–Crippen LogP) is 3.62. The Balaban J connectivity index is 2.31. The van der Waals surface area contributed by atoms with E-state index in [1.54, 1.807) is 24.3 Å². The quantitative estimate of drug-likeness (QED) is 0.473. The van der Waals surface area contributed by atoms with E-state index in [1.807, 2.05) is 30.3 Å². The van der Waals surface area contributed by atoms with Crippen LogP contribution < -0.4 is 0 Å². The third kappa shape index (κ3) is 2.96. The van der Waals surface area contributed by atoms with E-state index < -0.39 is 0 Å². The first-order valence-corrected chi connectivity index (χ1v) is 5.96. The van der Waals surface area contributed by atoms with E-state index in [1.165, 1.54) is 11.6 Å². The molecule has 0 spiro atoms. The van der Waals surface area contributed by atoms with E-state index in [0.29, 0.717) is 11.1 Å². The highest BCUT2D eigenvalue weighted by Crippen LogP contribution is 2.16. The van der Waals surface area contributed by atoms with Crippen molar-refractivity contribution in [1.29, 1.82) is 0 Å². The number of hydrogen-bond acceptors (Lipinski definition) is 3. The Hall–Kier alpha value is -2.13. The Morgan fingerprint density at radius 2 is 1.72 bits per heavy atom. The van der Waals surface area contributed by atoms with Crippen molar-refractivity contribution >= 4 is 35.3 Å². The van der Waals surface area contributed by atoms with Crippen LogP contribution in [0.1, 0.15) is 15.9 Å². The molecule has 0 saturated heterocycles. The zero-order valence-electron chi connectivity index (χ0n) is 9.61. The van der Waals surface area contributed by atoms with Crippen LogP contribution in [0, 0.1) is 0 Å². The summed E-state index contributed by atoms with van der Waals surface area (Å²) in [5.41, 5.74) is 2.02. The molecule has 0 aromatic heterocycles. The average Bonchev–Trinajstić information content (AvgIpc) is 2.45. The standard InChI is InChI=1S/C15H11NOS/c17-15(12-5-2-1-3-6-12)13-7-4-8-14(11-13)16-9-10-18/h1-11H. The fourth-order valence-corrected chi connectivity index (χ4v) is 1.66. The van der Waals surface area contributed by atoms with Crippen LogP contribution in [-0.4, -0.2) is 17.4 Å². The minimum Gasteiger partial charge on any atom is -0.289 e. The van der Waals surface area contributed by atoms with E-state index in [9.17, 15) is 4.79 Å². The maximum atomic E-state index is 12.2. The van der Waals surface area contributed by atoms with Crippen molar-refractivity contribution < 1.29 is 4.79 Å². The van der Waals surface area contributed by atoms with E-state index in [-0.39, 0.29) is 5.78 Å². The van der Waals surface area contributed by atoms with E-state index in [2.05, 4.69) is 17.2 Å². The molecule has 18 heavy (non-hydrogen) atoms. The van der Waals surface area contributed by atoms with Crippen molar-refractivity contribution in [2.45, 2.75) is 0 Å². The van der Waals surface area contributed by atoms with Gasteiger partial charge in [-0.1, -0.05) is 54.7 Å². The lowest BCUT2D eigenvalue weighted by atomic mass is 10.0. The summed E-state index contributed by atoms with van der Waals surface area (Å²) in [6.07, 6.45) is 1.53. The SMILES string of the molecule is O=C(c1ccccc1)c1cccc(N=CC=S)c1. The Morgan fingerprint density at radius 3 is 2.44 bits per heavy atom. The lowest BCUT2D eigenvalue weighted by Gasteiger charge is -2.01. The number of rotatable bonds is 4. The molecule has 0 atom stereocenters. The summed E-state index contributed by atoms with van der Waals surface area (Å²) in [4.78, 5) is 16.3. The summed E-state index contributed by atoms with van der Waals surface area (Å²) >= 11 is 4.67. The van der Waals surface area contributed by atoms with Crippen molar-refractivity contribution in [2.75, 3.05) is 0 Å². The van der Waals surface area contributed by atoms with Gasteiger partial charge in [-0.15, -0.1) is 0 Å². The minimum absolute atomic E-state index is 0.00463. The van der Waals surface area contributed by atoms with Crippen LogP contribution in [0.25, 0.3) is 0 Å². The Labute approximate surface area is 111 Å². The van der Waals surface area contributed by atoms with Gasteiger partial charge in [-0.2, -0.15) is 0 Å². The average molecular weight is 253 g/mol. The molecule has 0 aliphatic rings. The van der Waals surface area contributed by atoms with Gasteiger partial charge in [-0.25, -0.2) is 0 Å². The molecule has 0 N–H and O–H groups in total. The molecule has 0 unspecified atom stereocenters. The molecule has 3 heteroatoms. The van der Waals surface area contributed by atoms with Crippen LogP contribution in [0.3, 0.4) is 0 Å². The maximum Gasteiger partial charge on any atom is 0.193 e. The van der Waals surface area contributed by atoms with Crippen molar-refractivity contribution in [3.05, 3.63) is 65.7 Å². The molecule has 2 nitrogen and oxygen atoms in total. The zero-order chi connectivity index (χ0) is 12.8. The second-order valence-corrected chi connectivity index (χ2v) is 3.93. The number of ketones is 1. The fourth-order valence-electron chi connectivity index (χ4n) is 1.60. The molecule has 0 saturated carbocycles. The fraction of sp³-hybridized carbons (Fsp3) is 0. The van der Waals surface area contributed by atoms with Gasteiger partial charge in [0.25, 0.3) is 0 Å². The highest BCUT2D eigenvalue weighted by atomic mass is 32.1. The first-order valence-electron chi connectivity index (χ1n) is 5.49. The Morgan fingerprint density at radius 1 is 1.00 bits per heavy atom. The van der Waals surface area contributed by atoms with Gasteiger partial charge in [0.1, 0.15) is 0 Å². The Kier molecular flexibility index (Phi) is 4.10. The molecule has 88 valence electrons. The van der Waals surface area contributed by atoms with Gasteiger partial charge in [0.15, 0.2) is 5.78 Å². The molecular weight excluding hydrogens is 242 g/mol. The molecule has 0 amide bonds. The molecule has 2 aromatic carbocycles. The number of aliphatic imine (C=N–C) groups is 1. The third-order valence-electron chi connectivity index (χ3n) is 2.43. The van der Waals surface area contributed by atoms with Gasteiger partial charge in [-0.3, -0.25) is 9.79 Å². The lowest BCUT2D eigenvalue weighted by molar-refractivity contribution is 0.103. The second-order valence-electron chi connectivity index (χ2n) is 3.66. The summed E-state index contributed by atoms with van der Waals surface area (Å²) in [7, 11) is 0. The van der Waals surface area contributed by atoms with Gasteiger partial charge in [0, 0.05) is 22.7 Å². The summed E-state index contributed by atoms with van der Waals surface area (Å²) < 4.78 is 0. The highest BCUT2D eigenvalue weighted by Gasteiger charge is 2.08. The molecule has 2 rings (SSSR count). The van der Waals surface area contributed by atoms with E-state index >= 15 is 0 Å². The monoisotopic (exact) mass is 253 g/mol. The van der Waals surface area contributed by atoms with Crippen molar-refractivity contribution in [2.24, 2.45) is 4.99 Å². The van der Waals surface area contributed by atoms with Crippen molar-refractivity contribution in [1.82, 2.24) is 0 Å². The summed E-state index contributed by atoms with van der Waals surface area (Å²) in [5, 5.41) is 1.44. The molecule has 0 radical (unpaired) electrons. The second kappa shape index (κ2) is 5.98. The number of carbonyl (C=O) groups is 1. The molecule has 0 aliphatic carbocycles. The minimum atomic E-state index is -0.00463. The molecular formula is C15H11NOS. The number of carbonyl (C=O) groups excluding carboxylic acids is 1. The first-order chi connectivity index (χ1) is 8.81. The lowest BCUT2D eigenvalue weighted by Crippen LogP contribution is -2.00. The topological polar surface area (TPSA) is 29.4 Å². The largest absolute Gasteiger partial charge is 0.289 e. The number of hydrogen-bond donors (Lipinski definition) is 0. The van der Waals surface area contributed by atoms with E-state index in [0.717, 1.165) is 5.69 Å². The van der Waals surface area contributed by atoms with Gasteiger partial charge < -0.3 is 0 Å². The van der Waals surface area contributed by atoms with Crippen LogP contribution in [-0.2, 0) is 0 Å². The smallest absolute Gasteiger partial charge is 0.193 e. The van der Waals surface area contributed by atoms with Gasteiger partial charge >= 0.3 is 0 Å². The van der Waals surface area contributed by atoms with Crippen molar-refractivity contribution in [3.8, 4) is 0 Å². The van der Waals surface area contributed by atoms with Crippen LogP contribution in [0.4, 0.5) is 5.69 Å². The molecule has 0 heterocycles. The van der Waals surface area contributed by atoms with Gasteiger partial charge in [0.2, 0.25) is 0 Å². The normalized spacial score (nSPS) is 10.4. The number of thiocarbonyl (C=S) groups is 1. The summed E-state index contributed by atoms with van der Waals surface area (Å²) in [6, 6.07) is 16.4. The van der Waals surface area contributed by atoms with E-state index in [4.69, 9.17) is 0 Å². The summed E-state index contributed by atoms with van der Waals surface area (Å²) in [6.45, 7) is 0. The third-order valence-corrected chi connectivity index (χ3v) is 2.55. The van der Waals surface area contributed by atoms with Crippen LogP contribution in [0.5, 0.6) is 0 Å². The maximum absolute atomic E-state index is 12.2. The first kappa shape index (κ1) is 12.3. The van der Waals surface area contributed by atoms with Crippen LogP contribution >= 0.6 is 12.2 Å².